The molecular formula is C24H17ClN4O3S. The van der Waals surface area contributed by atoms with Crippen molar-refractivity contribution < 1.29 is 8.42 Å². The zero-order chi connectivity index (χ0) is 23.2. The third kappa shape index (κ3) is 3.63. The molecule has 3 heterocycles. The number of hydrogen-bond acceptors (Lipinski definition) is 5. The fourth-order valence-corrected chi connectivity index (χ4v) is 5.25. The molecule has 1 N–H and O–H groups in total. The Morgan fingerprint density at radius 1 is 0.939 bits per heavy atom. The van der Waals surface area contributed by atoms with Crippen LogP contribution in [0.3, 0.4) is 0 Å². The van der Waals surface area contributed by atoms with Crippen LogP contribution in [0.2, 0.25) is 5.02 Å². The van der Waals surface area contributed by atoms with E-state index in [1.807, 2.05) is 0 Å². The Kier molecular flexibility index (Phi) is 5.11. The third-order valence-electron chi connectivity index (χ3n) is 5.38. The second-order valence-electron chi connectivity index (χ2n) is 7.47. The number of hydrogen-bond donors (Lipinski definition) is 1. The summed E-state index contributed by atoms with van der Waals surface area (Å²) in [5.74, 6) is 0. The van der Waals surface area contributed by atoms with E-state index in [0.29, 0.717) is 10.7 Å². The SMILES string of the molecule is N=c1c(S(=O)(=O)c2ccccc2)cc2c(=O)n3ccccc3nc2n1Cc1ccc(Cl)cc1. The van der Waals surface area contributed by atoms with Crippen LogP contribution in [0.5, 0.6) is 0 Å². The lowest BCUT2D eigenvalue weighted by atomic mass is 10.2. The second-order valence-corrected chi connectivity index (χ2v) is 9.82. The molecule has 7 nitrogen and oxygen atoms in total. The van der Waals surface area contributed by atoms with E-state index in [4.69, 9.17) is 17.0 Å². The van der Waals surface area contributed by atoms with E-state index in [-0.39, 0.29) is 32.9 Å². The van der Waals surface area contributed by atoms with Crippen molar-refractivity contribution in [1.29, 1.82) is 5.41 Å². The summed E-state index contributed by atoms with van der Waals surface area (Å²) in [5.41, 5.74) is 0.748. The molecule has 0 bridgehead atoms. The highest BCUT2D eigenvalue weighted by Gasteiger charge is 2.24. The first kappa shape index (κ1) is 21.1. The molecule has 0 aliphatic carbocycles. The van der Waals surface area contributed by atoms with Gasteiger partial charge >= 0.3 is 0 Å². The molecule has 164 valence electrons. The number of benzene rings is 2. The van der Waals surface area contributed by atoms with E-state index < -0.39 is 15.4 Å². The van der Waals surface area contributed by atoms with Gasteiger partial charge in [0, 0.05) is 11.2 Å². The Morgan fingerprint density at radius 2 is 1.64 bits per heavy atom. The van der Waals surface area contributed by atoms with Gasteiger partial charge in [0.2, 0.25) is 9.84 Å². The number of rotatable bonds is 4. The van der Waals surface area contributed by atoms with E-state index in [9.17, 15) is 13.2 Å². The Bertz CT molecular complexity index is 1740. The quantitative estimate of drug-likeness (QED) is 0.400. The molecule has 2 aromatic carbocycles. The van der Waals surface area contributed by atoms with Crippen LogP contribution in [0.4, 0.5) is 0 Å². The van der Waals surface area contributed by atoms with Crippen molar-refractivity contribution in [1.82, 2.24) is 14.0 Å². The molecule has 0 radical (unpaired) electrons. The van der Waals surface area contributed by atoms with Crippen molar-refractivity contribution in [3.05, 3.63) is 111 Å². The molecule has 0 saturated carbocycles. The van der Waals surface area contributed by atoms with Gasteiger partial charge in [0.05, 0.1) is 16.8 Å². The Balaban J connectivity index is 1.87. The molecule has 5 aromatic rings. The highest BCUT2D eigenvalue weighted by atomic mass is 35.5. The molecule has 0 amide bonds. The van der Waals surface area contributed by atoms with Gasteiger partial charge in [0.1, 0.15) is 21.7 Å². The number of sulfone groups is 1. The molecule has 0 aliphatic heterocycles. The summed E-state index contributed by atoms with van der Waals surface area (Å²) in [7, 11) is -4.06. The van der Waals surface area contributed by atoms with E-state index in [2.05, 4.69) is 4.98 Å². The molecule has 0 spiro atoms. The third-order valence-corrected chi connectivity index (χ3v) is 7.42. The first-order chi connectivity index (χ1) is 15.9. The first-order valence-electron chi connectivity index (χ1n) is 10.0. The molecule has 0 atom stereocenters. The fraction of sp³-hybridized carbons (Fsp3) is 0.0417. The van der Waals surface area contributed by atoms with Gasteiger partial charge in [-0.15, -0.1) is 0 Å². The van der Waals surface area contributed by atoms with Crippen LogP contribution in [0.15, 0.2) is 99.6 Å². The predicted octanol–water partition coefficient (Wildman–Crippen LogP) is 3.66. The van der Waals surface area contributed by atoms with Gasteiger partial charge in [-0.1, -0.05) is 48.0 Å². The maximum atomic E-state index is 13.4. The van der Waals surface area contributed by atoms with Crippen LogP contribution >= 0.6 is 11.6 Å². The van der Waals surface area contributed by atoms with Gasteiger partial charge in [-0.3, -0.25) is 14.6 Å². The van der Waals surface area contributed by atoms with Gasteiger partial charge in [-0.05, 0) is 48.0 Å². The van der Waals surface area contributed by atoms with E-state index in [0.717, 1.165) is 5.56 Å². The molecule has 33 heavy (non-hydrogen) atoms. The largest absolute Gasteiger partial charge is 0.305 e. The number of pyridine rings is 2. The van der Waals surface area contributed by atoms with Crippen LogP contribution in [0.1, 0.15) is 5.56 Å². The maximum absolute atomic E-state index is 13.4. The van der Waals surface area contributed by atoms with Crippen LogP contribution in [0, 0.1) is 5.41 Å². The Morgan fingerprint density at radius 3 is 2.36 bits per heavy atom. The van der Waals surface area contributed by atoms with Crippen LogP contribution in [0.25, 0.3) is 16.7 Å². The van der Waals surface area contributed by atoms with Crippen molar-refractivity contribution in [2.24, 2.45) is 0 Å². The maximum Gasteiger partial charge on any atom is 0.267 e. The van der Waals surface area contributed by atoms with Crippen molar-refractivity contribution in [3.8, 4) is 0 Å². The molecule has 3 aromatic heterocycles. The minimum Gasteiger partial charge on any atom is -0.305 e. The van der Waals surface area contributed by atoms with Crippen molar-refractivity contribution in [2.45, 2.75) is 16.3 Å². The summed E-state index contributed by atoms with van der Waals surface area (Å²) in [6.45, 7) is 0.139. The molecule has 0 fully saturated rings. The van der Waals surface area contributed by atoms with Crippen LogP contribution in [-0.4, -0.2) is 22.4 Å². The number of aromatic nitrogens is 3. The molecular weight excluding hydrogens is 460 g/mol. The zero-order valence-electron chi connectivity index (χ0n) is 17.1. The average molecular weight is 477 g/mol. The second kappa shape index (κ2) is 7.99. The topological polar surface area (TPSA) is 97.3 Å². The van der Waals surface area contributed by atoms with Gasteiger partial charge in [-0.25, -0.2) is 13.4 Å². The highest BCUT2D eigenvalue weighted by molar-refractivity contribution is 7.91. The average Bonchev–Trinajstić information content (AvgIpc) is 2.83. The molecule has 0 aliphatic rings. The molecule has 0 saturated heterocycles. The minimum atomic E-state index is -4.06. The van der Waals surface area contributed by atoms with Gasteiger partial charge in [-0.2, -0.15) is 0 Å². The number of nitrogens with one attached hydrogen (secondary N) is 1. The Labute approximate surface area is 193 Å². The summed E-state index contributed by atoms with van der Waals surface area (Å²) in [6, 6.07) is 21.3. The summed E-state index contributed by atoms with van der Waals surface area (Å²) >= 11 is 6.00. The minimum absolute atomic E-state index is 0.0461. The summed E-state index contributed by atoms with van der Waals surface area (Å²) in [5, 5.41) is 9.48. The normalized spacial score (nSPS) is 11.8. The molecule has 0 unspecified atom stereocenters. The van der Waals surface area contributed by atoms with Gasteiger partial charge in [0.15, 0.2) is 0 Å². The van der Waals surface area contributed by atoms with Crippen LogP contribution < -0.4 is 11.0 Å². The monoisotopic (exact) mass is 476 g/mol. The smallest absolute Gasteiger partial charge is 0.267 e. The van der Waals surface area contributed by atoms with Crippen molar-refractivity contribution in [2.75, 3.05) is 0 Å². The van der Waals surface area contributed by atoms with E-state index >= 15 is 0 Å². The summed E-state index contributed by atoms with van der Waals surface area (Å²) in [4.78, 5) is 17.7. The lowest BCUT2D eigenvalue weighted by molar-refractivity contribution is 0.591. The van der Waals surface area contributed by atoms with Crippen molar-refractivity contribution in [3.63, 3.8) is 0 Å². The molecule has 5 rings (SSSR count). The fourth-order valence-electron chi connectivity index (χ4n) is 3.72. The van der Waals surface area contributed by atoms with E-state index in [1.54, 1.807) is 66.9 Å². The zero-order valence-corrected chi connectivity index (χ0v) is 18.7. The number of fused-ring (bicyclic) bond motifs is 2. The van der Waals surface area contributed by atoms with Gasteiger partial charge < -0.3 is 4.57 Å². The van der Waals surface area contributed by atoms with Crippen LogP contribution in [-0.2, 0) is 16.4 Å². The standard InChI is InChI=1S/C24H17ClN4O3S/c25-17-11-9-16(10-12-17)15-29-22(26)20(33(31,32)18-6-2-1-3-7-18)14-19-23(29)27-21-8-4-5-13-28(21)24(19)30/h1-14,26H,15H2. The lowest BCUT2D eigenvalue weighted by Gasteiger charge is -2.15. The predicted molar refractivity (Wildman–Crippen MR) is 125 cm³/mol. The summed E-state index contributed by atoms with van der Waals surface area (Å²) < 4.78 is 29.7. The highest BCUT2D eigenvalue weighted by Crippen LogP contribution is 2.21. The summed E-state index contributed by atoms with van der Waals surface area (Å²) in [6.07, 6.45) is 1.58. The number of nitrogens with zero attached hydrogens (tertiary/aromatic N) is 3. The lowest BCUT2D eigenvalue weighted by Crippen LogP contribution is -2.30. The van der Waals surface area contributed by atoms with Gasteiger partial charge in [0.25, 0.3) is 5.56 Å². The van der Waals surface area contributed by atoms with Crippen molar-refractivity contribution >= 4 is 38.1 Å². The molecule has 9 heteroatoms. The Hall–Kier alpha value is -3.75. The van der Waals surface area contributed by atoms with E-state index in [1.165, 1.54) is 27.2 Å². The number of halogens is 1. The first-order valence-corrected chi connectivity index (χ1v) is 11.9.